The van der Waals surface area contributed by atoms with Gasteiger partial charge in [0.05, 0.1) is 6.54 Å². The van der Waals surface area contributed by atoms with Crippen LogP contribution in [0.5, 0.6) is 0 Å². The zero-order valence-electron chi connectivity index (χ0n) is 16.2. The van der Waals surface area contributed by atoms with Crippen LogP contribution in [-0.4, -0.2) is 50.2 Å². The smallest absolute Gasteiger partial charge is 0.407 e. The second-order valence-corrected chi connectivity index (χ2v) is 6.69. The summed E-state index contributed by atoms with van der Waals surface area (Å²) in [6, 6.07) is 5.51. The van der Waals surface area contributed by atoms with Crippen LogP contribution in [0, 0.1) is 5.82 Å². The maximum Gasteiger partial charge on any atom is 0.407 e. The Bertz CT molecular complexity index is 641. The molecule has 0 saturated carbocycles. The van der Waals surface area contributed by atoms with Crippen LogP contribution >= 0.6 is 0 Å². The highest BCUT2D eigenvalue weighted by molar-refractivity contribution is 5.94. The number of ether oxygens (including phenoxy) is 1. The number of carbonyl (C=O) groups is 2. The molecule has 9 heteroatoms. The van der Waals surface area contributed by atoms with Crippen molar-refractivity contribution in [2.24, 2.45) is 4.99 Å². The molecular formula is C18H28FN5O3. The fourth-order valence-corrected chi connectivity index (χ4v) is 1.92. The number of benzene rings is 1. The highest BCUT2D eigenvalue weighted by Gasteiger charge is 2.15. The first-order chi connectivity index (χ1) is 12.7. The third-order valence-corrected chi connectivity index (χ3v) is 3.08. The zero-order chi connectivity index (χ0) is 20.3. The monoisotopic (exact) mass is 381 g/mol. The second kappa shape index (κ2) is 11.0. The largest absolute Gasteiger partial charge is 0.444 e. The van der Waals surface area contributed by atoms with Crippen molar-refractivity contribution in [3.63, 3.8) is 0 Å². The average molecular weight is 381 g/mol. The van der Waals surface area contributed by atoms with Crippen molar-refractivity contribution in [3.05, 3.63) is 30.1 Å². The van der Waals surface area contributed by atoms with Gasteiger partial charge in [-0.25, -0.2) is 9.18 Å². The SMILES string of the molecule is CN=C(NCCCNC(=O)OC(C)(C)C)NCC(=O)Nc1ccc(F)cc1. The number of hydrogen-bond donors (Lipinski definition) is 4. The molecule has 2 amide bonds. The van der Waals surface area contributed by atoms with E-state index in [-0.39, 0.29) is 18.3 Å². The minimum absolute atomic E-state index is 0.00715. The van der Waals surface area contributed by atoms with Crippen LogP contribution in [0.3, 0.4) is 0 Å². The first-order valence-electron chi connectivity index (χ1n) is 8.66. The van der Waals surface area contributed by atoms with Crippen LogP contribution in [0.2, 0.25) is 0 Å². The van der Waals surface area contributed by atoms with Crippen molar-refractivity contribution in [3.8, 4) is 0 Å². The molecule has 0 atom stereocenters. The molecule has 1 aromatic rings. The first kappa shape index (κ1) is 22.2. The Labute approximate surface area is 159 Å². The van der Waals surface area contributed by atoms with Crippen molar-refractivity contribution >= 4 is 23.6 Å². The van der Waals surface area contributed by atoms with Crippen molar-refractivity contribution in [1.29, 1.82) is 0 Å². The molecule has 0 aliphatic heterocycles. The molecule has 4 N–H and O–H groups in total. The van der Waals surface area contributed by atoms with Gasteiger partial charge >= 0.3 is 6.09 Å². The molecule has 150 valence electrons. The van der Waals surface area contributed by atoms with E-state index in [0.29, 0.717) is 31.2 Å². The number of hydrogen-bond acceptors (Lipinski definition) is 4. The fourth-order valence-electron chi connectivity index (χ4n) is 1.92. The molecule has 0 spiro atoms. The van der Waals surface area contributed by atoms with Gasteiger partial charge in [0.15, 0.2) is 5.96 Å². The minimum Gasteiger partial charge on any atom is -0.444 e. The standard InChI is InChI=1S/C18H28FN5O3/c1-18(2,3)27-17(26)22-11-5-10-21-16(20-4)23-12-15(25)24-14-8-6-13(19)7-9-14/h6-9H,5,10-12H2,1-4H3,(H,22,26)(H,24,25)(H2,20,21,23). The summed E-state index contributed by atoms with van der Waals surface area (Å²) in [5.41, 5.74) is -0.0117. The molecule has 0 saturated heterocycles. The van der Waals surface area contributed by atoms with Crippen molar-refractivity contribution in [1.82, 2.24) is 16.0 Å². The van der Waals surface area contributed by atoms with Gasteiger partial charge in [0.2, 0.25) is 5.91 Å². The predicted molar refractivity (Wildman–Crippen MR) is 103 cm³/mol. The number of aliphatic imine (C=N–C) groups is 1. The number of rotatable bonds is 7. The Balaban J connectivity index is 2.20. The molecule has 8 nitrogen and oxygen atoms in total. The molecule has 0 bridgehead atoms. The van der Waals surface area contributed by atoms with E-state index in [1.165, 1.54) is 24.3 Å². The third-order valence-electron chi connectivity index (χ3n) is 3.08. The predicted octanol–water partition coefficient (Wildman–Crippen LogP) is 1.84. The Hall–Kier alpha value is -2.84. The van der Waals surface area contributed by atoms with Gasteiger partial charge in [-0.1, -0.05) is 0 Å². The Kier molecular flexibility index (Phi) is 9.04. The van der Waals surface area contributed by atoms with E-state index in [0.717, 1.165) is 0 Å². The van der Waals surface area contributed by atoms with E-state index < -0.39 is 11.7 Å². The number of amides is 2. The highest BCUT2D eigenvalue weighted by atomic mass is 19.1. The Morgan fingerprint density at radius 1 is 1.07 bits per heavy atom. The Morgan fingerprint density at radius 2 is 1.70 bits per heavy atom. The van der Waals surface area contributed by atoms with Crippen molar-refractivity contribution < 1.29 is 18.7 Å². The van der Waals surface area contributed by atoms with Crippen LogP contribution in [0.4, 0.5) is 14.9 Å². The topological polar surface area (TPSA) is 104 Å². The summed E-state index contributed by atoms with van der Waals surface area (Å²) in [6.45, 7) is 6.41. The molecule has 0 fully saturated rings. The molecule has 0 aliphatic rings. The van der Waals surface area contributed by atoms with Crippen LogP contribution in [0.1, 0.15) is 27.2 Å². The molecule has 0 radical (unpaired) electrons. The lowest BCUT2D eigenvalue weighted by atomic mass is 10.2. The van der Waals surface area contributed by atoms with Crippen molar-refractivity contribution in [2.75, 3.05) is 32.0 Å². The maximum atomic E-state index is 12.8. The van der Waals surface area contributed by atoms with Crippen LogP contribution < -0.4 is 21.3 Å². The lowest BCUT2D eigenvalue weighted by Crippen LogP contribution is -2.42. The van der Waals surface area contributed by atoms with E-state index >= 15 is 0 Å². The lowest BCUT2D eigenvalue weighted by molar-refractivity contribution is -0.115. The summed E-state index contributed by atoms with van der Waals surface area (Å²) < 4.78 is 18.0. The van der Waals surface area contributed by atoms with Gasteiger partial charge in [0, 0.05) is 25.8 Å². The number of alkyl carbamates (subject to hydrolysis) is 1. The number of nitrogens with one attached hydrogen (secondary N) is 4. The zero-order valence-corrected chi connectivity index (χ0v) is 16.2. The van der Waals surface area contributed by atoms with E-state index in [2.05, 4.69) is 26.3 Å². The third kappa shape index (κ3) is 10.7. The lowest BCUT2D eigenvalue weighted by Gasteiger charge is -2.19. The molecule has 0 unspecified atom stereocenters. The summed E-state index contributed by atoms with van der Waals surface area (Å²) in [4.78, 5) is 27.4. The van der Waals surface area contributed by atoms with Gasteiger partial charge in [-0.2, -0.15) is 0 Å². The molecule has 0 heterocycles. The second-order valence-electron chi connectivity index (χ2n) is 6.69. The molecule has 0 aliphatic carbocycles. The summed E-state index contributed by atoms with van der Waals surface area (Å²) in [7, 11) is 1.59. The number of carbonyl (C=O) groups excluding carboxylic acids is 2. The normalized spacial score (nSPS) is 11.5. The quantitative estimate of drug-likeness (QED) is 0.328. The summed E-state index contributed by atoms with van der Waals surface area (Å²) >= 11 is 0. The maximum absolute atomic E-state index is 12.8. The number of nitrogens with zero attached hydrogens (tertiary/aromatic N) is 1. The molecule has 1 aromatic carbocycles. The van der Waals surface area contributed by atoms with Gasteiger partial charge in [-0.15, -0.1) is 0 Å². The van der Waals surface area contributed by atoms with Crippen LogP contribution in [-0.2, 0) is 9.53 Å². The first-order valence-corrected chi connectivity index (χ1v) is 8.66. The molecule has 0 aromatic heterocycles. The number of anilines is 1. The summed E-state index contributed by atoms with van der Waals surface area (Å²) in [6.07, 6.45) is 0.198. The van der Waals surface area contributed by atoms with Crippen molar-refractivity contribution in [2.45, 2.75) is 32.8 Å². The van der Waals surface area contributed by atoms with Gasteiger partial charge in [0.1, 0.15) is 11.4 Å². The summed E-state index contributed by atoms with van der Waals surface area (Å²) in [5.74, 6) is -0.186. The van der Waals surface area contributed by atoms with E-state index in [9.17, 15) is 14.0 Å². The Morgan fingerprint density at radius 3 is 2.30 bits per heavy atom. The van der Waals surface area contributed by atoms with Gasteiger partial charge < -0.3 is 26.0 Å². The van der Waals surface area contributed by atoms with E-state index in [1.54, 1.807) is 27.8 Å². The summed E-state index contributed by atoms with van der Waals surface area (Å²) in [5, 5.41) is 11.2. The van der Waals surface area contributed by atoms with Gasteiger partial charge in [-0.05, 0) is 51.5 Å². The number of guanidine groups is 1. The molecular weight excluding hydrogens is 353 g/mol. The average Bonchev–Trinajstić information content (AvgIpc) is 2.57. The number of halogens is 1. The van der Waals surface area contributed by atoms with E-state index in [4.69, 9.17) is 4.74 Å². The van der Waals surface area contributed by atoms with Crippen LogP contribution in [0.25, 0.3) is 0 Å². The minimum atomic E-state index is -0.525. The van der Waals surface area contributed by atoms with E-state index in [1.807, 2.05) is 0 Å². The fraction of sp³-hybridized carbons (Fsp3) is 0.500. The molecule has 1 rings (SSSR count). The van der Waals surface area contributed by atoms with Gasteiger partial charge in [0.25, 0.3) is 0 Å². The van der Waals surface area contributed by atoms with Gasteiger partial charge in [-0.3, -0.25) is 9.79 Å². The van der Waals surface area contributed by atoms with Crippen LogP contribution in [0.15, 0.2) is 29.3 Å². The molecule has 27 heavy (non-hydrogen) atoms. The highest BCUT2D eigenvalue weighted by Crippen LogP contribution is 2.07.